The summed E-state index contributed by atoms with van der Waals surface area (Å²) in [5.74, 6) is -3.83. The number of hydrogen-bond acceptors (Lipinski definition) is 13. The summed E-state index contributed by atoms with van der Waals surface area (Å²) in [5.41, 5.74) is 5.42. The van der Waals surface area contributed by atoms with E-state index in [0.29, 0.717) is 31.5 Å². The van der Waals surface area contributed by atoms with E-state index in [1.54, 1.807) is 13.8 Å². The number of likely N-dealkylation sites (tertiary alicyclic amines) is 1. The van der Waals surface area contributed by atoms with Crippen LogP contribution >= 0.6 is 0 Å². The highest BCUT2D eigenvalue weighted by atomic mass is 16.6. The molecule has 2 aliphatic rings. The lowest BCUT2D eigenvalue weighted by molar-refractivity contribution is -0.142. The molecule has 5 rings (SSSR count). The third kappa shape index (κ3) is 11.5. The number of ketones is 1. The Kier molecular flexibility index (Phi) is 14.8. The van der Waals surface area contributed by atoms with Gasteiger partial charge in [0.15, 0.2) is 0 Å². The number of aliphatic hydroxyl groups is 2. The molecule has 0 radical (unpaired) electrons. The summed E-state index contributed by atoms with van der Waals surface area (Å²) in [7, 11) is 0. The number of nitrogens with zero attached hydrogens (tertiary/aromatic N) is 5. The van der Waals surface area contributed by atoms with Crippen LogP contribution in [0, 0.1) is 5.92 Å². The smallest absolute Gasteiger partial charge is 0.287 e. The van der Waals surface area contributed by atoms with Gasteiger partial charge >= 0.3 is 0 Å². The Morgan fingerprint density at radius 3 is 2.46 bits per heavy atom. The molecular weight excluding hydrogens is 726 g/mol. The molecule has 1 aliphatic heterocycles. The zero-order valence-electron chi connectivity index (χ0n) is 31.8. The number of ether oxygens (including phenoxy) is 1. The zero-order valence-corrected chi connectivity index (χ0v) is 31.8. The third-order valence-electron chi connectivity index (χ3n) is 10.4. The molecule has 2 fully saturated rings. The summed E-state index contributed by atoms with van der Waals surface area (Å²) in [6, 6.07) is 5.27. The van der Waals surface area contributed by atoms with Crippen molar-refractivity contribution in [2.75, 3.05) is 13.1 Å². The Bertz CT molecular complexity index is 1760. The largest absolute Gasteiger partial charge is 0.384 e. The van der Waals surface area contributed by atoms with Gasteiger partial charge in [-0.1, -0.05) is 72.8 Å². The van der Waals surface area contributed by atoms with Crippen LogP contribution in [-0.2, 0) is 36.1 Å². The Balaban J connectivity index is 1.30. The van der Waals surface area contributed by atoms with Crippen molar-refractivity contribution in [3.63, 3.8) is 0 Å². The highest BCUT2D eigenvalue weighted by Crippen LogP contribution is 2.33. The normalized spacial score (nSPS) is 19.2. The van der Waals surface area contributed by atoms with Crippen molar-refractivity contribution in [3.05, 3.63) is 65.8 Å². The van der Waals surface area contributed by atoms with E-state index in [9.17, 15) is 34.2 Å². The number of nitrogens with one attached hydrogen (secondary N) is 3. The van der Waals surface area contributed by atoms with E-state index >= 15 is 0 Å². The van der Waals surface area contributed by atoms with Crippen LogP contribution in [0.15, 0.2) is 53.5 Å². The van der Waals surface area contributed by atoms with Gasteiger partial charge in [-0.25, -0.2) is 4.68 Å². The van der Waals surface area contributed by atoms with Crippen molar-refractivity contribution in [1.29, 1.82) is 0 Å². The second-order valence-corrected chi connectivity index (χ2v) is 15.1. The van der Waals surface area contributed by atoms with Gasteiger partial charge in [-0.2, -0.15) is 0 Å². The second-order valence-electron chi connectivity index (χ2n) is 15.1. The standard InChI is InChI=1S/C38H53N9O9/c1-38(2,54)31-20-41-45-47(31)27-18-30(46(21-27)36(52)29(17-24-11-5-3-6-12-24)44-34(50)26-19-42-56-23-26)35(51)43-28(32(48)33(39)49)15-9-10-16-40-37(53)55-22-25-13-7-4-8-14-25/h4,7-8,13-14,19-20,23-24,27-30,37,40,53-54H,3,5-6,9-12,15-18,21-22H2,1-2H3,(H2,39,49)(H,43,51)(H,44,50)/t27-,28?,29+,30-,37?/m0/s1. The molecule has 0 bridgehead atoms. The Morgan fingerprint density at radius 1 is 1.04 bits per heavy atom. The lowest BCUT2D eigenvalue weighted by atomic mass is 9.84. The summed E-state index contributed by atoms with van der Waals surface area (Å²) in [6.07, 6.45) is 8.69. The number of unbranched alkanes of at least 4 members (excludes halogenated alkanes) is 1. The summed E-state index contributed by atoms with van der Waals surface area (Å²) in [6.45, 7) is 3.61. The number of Topliss-reactive ketones (excluding diaryl/α,β-unsaturated/α-hetero) is 1. The molecule has 0 spiro atoms. The van der Waals surface area contributed by atoms with E-state index in [2.05, 4.69) is 31.4 Å². The molecule has 56 heavy (non-hydrogen) atoms. The zero-order chi connectivity index (χ0) is 40.2. The molecule has 7 N–H and O–H groups in total. The van der Waals surface area contributed by atoms with Crippen LogP contribution in [0.1, 0.15) is 106 Å². The fraction of sp³-hybridized carbons (Fsp3) is 0.579. The third-order valence-corrected chi connectivity index (χ3v) is 10.4. The summed E-state index contributed by atoms with van der Waals surface area (Å²) in [4.78, 5) is 68.5. The maximum atomic E-state index is 14.6. The number of rotatable bonds is 20. The van der Waals surface area contributed by atoms with Crippen molar-refractivity contribution in [2.24, 2.45) is 11.7 Å². The second kappa shape index (κ2) is 19.7. The Labute approximate surface area is 324 Å². The molecule has 1 aromatic carbocycles. The average molecular weight is 780 g/mol. The number of hydrogen-bond donors (Lipinski definition) is 6. The van der Waals surface area contributed by atoms with E-state index in [1.807, 2.05) is 30.3 Å². The molecule has 1 saturated heterocycles. The van der Waals surface area contributed by atoms with E-state index in [4.69, 9.17) is 15.0 Å². The van der Waals surface area contributed by atoms with Crippen molar-refractivity contribution < 1.29 is 43.4 Å². The Morgan fingerprint density at radius 2 is 1.79 bits per heavy atom. The molecular formula is C38H53N9O9. The van der Waals surface area contributed by atoms with Crippen molar-refractivity contribution in [2.45, 2.75) is 121 Å². The van der Waals surface area contributed by atoms with Gasteiger partial charge in [0, 0.05) is 13.0 Å². The fourth-order valence-corrected chi connectivity index (χ4v) is 7.39. The van der Waals surface area contributed by atoms with Crippen LogP contribution in [0.25, 0.3) is 0 Å². The van der Waals surface area contributed by atoms with Crippen LogP contribution < -0.4 is 21.7 Å². The van der Waals surface area contributed by atoms with Crippen LogP contribution in [-0.4, -0.2) is 102 Å². The van der Waals surface area contributed by atoms with E-state index < -0.39 is 65.6 Å². The van der Waals surface area contributed by atoms with Gasteiger partial charge in [-0.15, -0.1) is 5.10 Å². The number of primary amides is 1. The topological polar surface area (TPSA) is 257 Å². The first kappa shape index (κ1) is 42.1. The molecule has 3 aromatic rings. The number of nitrogens with two attached hydrogens (primary N) is 1. The lowest BCUT2D eigenvalue weighted by Gasteiger charge is -2.32. The van der Waals surface area contributed by atoms with Crippen LogP contribution in [0.5, 0.6) is 0 Å². The van der Waals surface area contributed by atoms with Crippen LogP contribution in [0.2, 0.25) is 0 Å². The molecule has 5 atom stereocenters. The minimum Gasteiger partial charge on any atom is -0.384 e. The highest BCUT2D eigenvalue weighted by Gasteiger charge is 2.45. The first-order valence-electron chi connectivity index (χ1n) is 19.2. The summed E-state index contributed by atoms with van der Waals surface area (Å²) < 4.78 is 11.7. The maximum absolute atomic E-state index is 14.6. The number of aliphatic hydroxyl groups excluding tert-OH is 1. The van der Waals surface area contributed by atoms with Crippen molar-refractivity contribution >= 4 is 29.4 Å². The highest BCUT2D eigenvalue weighted by molar-refractivity contribution is 6.37. The predicted molar refractivity (Wildman–Crippen MR) is 199 cm³/mol. The average Bonchev–Trinajstić information content (AvgIpc) is 3.98. The van der Waals surface area contributed by atoms with E-state index in [1.165, 1.54) is 28.2 Å². The van der Waals surface area contributed by atoms with Gasteiger partial charge in [0.25, 0.3) is 11.8 Å². The number of carbonyl (C=O) groups excluding carboxylic acids is 5. The lowest BCUT2D eigenvalue weighted by Crippen LogP contribution is -2.56. The van der Waals surface area contributed by atoms with Gasteiger partial charge in [-0.05, 0) is 57.6 Å². The molecule has 1 aliphatic carbocycles. The van der Waals surface area contributed by atoms with Gasteiger partial charge in [0.2, 0.25) is 24.0 Å². The minimum absolute atomic E-state index is 0.0254. The maximum Gasteiger partial charge on any atom is 0.287 e. The van der Waals surface area contributed by atoms with E-state index in [0.717, 1.165) is 37.7 Å². The molecule has 3 heterocycles. The molecule has 18 heteroatoms. The molecule has 18 nitrogen and oxygen atoms in total. The monoisotopic (exact) mass is 779 g/mol. The SMILES string of the molecule is CC(C)(O)c1cnnn1[C@H]1C[C@@H](C(=O)NC(CCCCNC(O)OCc2ccccc2)C(=O)C(N)=O)N(C(=O)[C@@H](CC2CCCCC2)NC(=O)c2cnoc2)C1. The number of benzene rings is 1. The molecule has 1 saturated carbocycles. The number of amides is 4. The van der Waals surface area contributed by atoms with Crippen molar-refractivity contribution in [1.82, 2.24) is 41.0 Å². The molecule has 2 aromatic heterocycles. The molecule has 304 valence electrons. The minimum atomic E-state index is -1.35. The van der Waals surface area contributed by atoms with Gasteiger partial charge in [0.1, 0.15) is 23.9 Å². The van der Waals surface area contributed by atoms with Gasteiger partial charge in [0.05, 0.1) is 42.3 Å². The molecule has 4 amide bonds. The predicted octanol–water partition coefficient (Wildman–Crippen LogP) is 1.20. The quantitative estimate of drug-likeness (QED) is 0.0536. The molecule has 2 unspecified atom stereocenters. The summed E-state index contributed by atoms with van der Waals surface area (Å²) in [5, 5.41) is 41.2. The van der Waals surface area contributed by atoms with Gasteiger partial charge in [-0.3, -0.25) is 29.3 Å². The van der Waals surface area contributed by atoms with Crippen LogP contribution in [0.4, 0.5) is 0 Å². The number of aromatic nitrogens is 4. The first-order chi connectivity index (χ1) is 26.8. The van der Waals surface area contributed by atoms with Crippen LogP contribution in [0.3, 0.4) is 0 Å². The van der Waals surface area contributed by atoms with Gasteiger partial charge < -0.3 is 40.7 Å². The first-order valence-corrected chi connectivity index (χ1v) is 19.2. The fourth-order valence-electron chi connectivity index (χ4n) is 7.39. The van der Waals surface area contributed by atoms with Crippen molar-refractivity contribution in [3.8, 4) is 0 Å². The summed E-state index contributed by atoms with van der Waals surface area (Å²) >= 11 is 0. The Hall–Kier alpha value is -5.04. The number of carbonyl (C=O) groups is 5. The van der Waals surface area contributed by atoms with E-state index in [-0.39, 0.29) is 37.5 Å².